The number of amides is 2. The first-order valence-corrected chi connectivity index (χ1v) is 8.83. The van der Waals surface area contributed by atoms with Crippen molar-refractivity contribution in [1.82, 2.24) is 5.32 Å². The molecule has 1 N–H and O–H groups in total. The van der Waals surface area contributed by atoms with Crippen LogP contribution in [0.4, 0.5) is 16.2 Å². The number of rotatable bonds is 1. The zero-order chi connectivity index (χ0) is 17.5. The van der Waals surface area contributed by atoms with Crippen molar-refractivity contribution < 1.29 is 4.79 Å². The Labute approximate surface area is 152 Å². The lowest BCUT2D eigenvalue weighted by atomic mass is 9.92. The lowest BCUT2D eigenvalue weighted by molar-refractivity contribution is 0.256. The Kier molecular flexibility index (Phi) is 3.39. The summed E-state index contributed by atoms with van der Waals surface area (Å²) in [6, 6.07) is 22.9. The molecule has 1 heterocycles. The molecule has 125 valence electrons. The van der Waals surface area contributed by atoms with Gasteiger partial charge in [-0.05, 0) is 64.4 Å². The van der Waals surface area contributed by atoms with Crippen molar-refractivity contribution in [1.29, 1.82) is 0 Å². The number of carbonyl (C=O) groups excluding carboxylic acids is 1. The van der Waals surface area contributed by atoms with E-state index in [1.165, 1.54) is 27.8 Å². The summed E-state index contributed by atoms with van der Waals surface area (Å²) in [5.74, 6) is 0. The molecule has 3 aromatic carbocycles. The van der Waals surface area contributed by atoms with E-state index in [-0.39, 0.29) is 6.03 Å². The summed E-state index contributed by atoms with van der Waals surface area (Å²) in [6.45, 7) is 0. The van der Waals surface area contributed by atoms with Gasteiger partial charge in [0.25, 0.3) is 0 Å². The van der Waals surface area contributed by atoms with Crippen LogP contribution in [0.25, 0.3) is 11.6 Å². The summed E-state index contributed by atoms with van der Waals surface area (Å²) < 4.78 is 0. The van der Waals surface area contributed by atoms with E-state index < -0.39 is 0 Å². The molecule has 2 aliphatic rings. The number of nitrogens with one attached hydrogen (secondary N) is 1. The Balaban J connectivity index is 1.70. The number of fused-ring (bicyclic) bond motifs is 3. The maximum atomic E-state index is 11.5. The zero-order valence-corrected chi connectivity index (χ0v) is 14.2. The first-order valence-electron chi connectivity index (χ1n) is 8.83. The normalized spacial score (nSPS) is 14.5. The second-order valence-electron chi connectivity index (χ2n) is 6.69. The van der Waals surface area contributed by atoms with E-state index in [0.717, 1.165) is 24.1 Å². The third-order valence-electron chi connectivity index (χ3n) is 5.08. The summed E-state index contributed by atoms with van der Waals surface area (Å²) in [5.41, 5.74) is 9.07. The van der Waals surface area contributed by atoms with Gasteiger partial charge in [-0.15, -0.1) is 0 Å². The third-order valence-corrected chi connectivity index (χ3v) is 5.08. The molecule has 2 amide bonds. The number of urea groups is 1. The Morgan fingerprint density at radius 3 is 2.19 bits per heavy atom. The quantitative estimate of drug-likeness (QED) is 0.655. The molecule has 1 aliphatic carbocycles. The zero-order valence-electron chi connectivity index (χ0n) is 14.2. The van der Waals surface area contributed by atoms with E-state index >= 15 is 0 Å². The second-order valence-corrected chi connectivity index (χ2v) is 6.69. The Morgan fingerprint density at radius 2 is 1.50 bits per heavy atom. The molecular weight excluding hydrogens is 320 g/mol. The number of carbonyl (C=O) groups is 1. The van der Waals surface area contributed by atoms with Gasteiger partial charge in [-0.2, -0.15) is 5.32 Å². The highest BCUT2D eigenvalue weighted by Crippen LogP contribution is 2.36. The minimum Gasteiger partial charge on any atom is -0.304 e. The van der Waals surface area contributed by atoms with Gasteiger partial charge in [0.05, 0.1) is 11.4 Å². The highest BCUT2D eigenvalue weighted by Gasteiger charge is 2.20. The smallest absolute Gasteiger partial charge is 0.304 e. The second kappa shape index (κ2) is 5.88. The number of hydrogen-bond donors (Lipinski definition) is 1. The standard InChI is InChI=1S/C23H17N2O/c26-23-24-21-12-9-15(14-22(21)25-23)13-20-18-7-3-1-5-16(18)10-11-17-6-2-4-8-19(17)20/h1-9,12-14H,10-11H2,(H,24,26). The largest absolute Gasteiger partial charge is 0.346 e. The molecule has 0 spiro atoms. The van der Waals surface area contributed by atoms with Crippen LogP contribution in [-0.2, 0) is 12.8 Å². The summed E-state index contributed by atoms with van der Waals surface area (Å²) in [6.07, 6.45) is 4.30. The van der Waals surface area contributed by atoms with Crippen molar-refractivity contribution in [3.05, 3.63) is 94.5 Å². The number of aryl methyl sites for hydroxylation is 2. The molecule has 0 bridgehead atoms. The number of hydrogen-bond acceptors (Lipinski definition) is 1. The summed E-state index contributed by atoms with van der Waals surface area (Å²) >= 11 is 0. The van der Waals surface area contributed by atoms with Crippen molar-refractivity contribution >= 4 is 29.1 Å². The molecule has 1 aliphatic heterocycles. The Bertz CT molecular complexity index is 1020. The van der Waals surface area contributed by atoms with Crippen molar-refractivity contribution in [3.63, 3.8) is 0 Å². The lowest BCUT2D eigenvalue weighted by Gasteiger charge is -2.12. The van der Waals surface area contributed by atoms with Crippen molar-refractivity contribution in [2.75, 3.05) is 5.32 Å². The first kappa shape index (κ1) is 15.0. The number of anilines is 1. The van der Waals surface area contributed by atoms with E-state index in [9.17, 15) is 4.79 Å². The minimum atomic E-state index is -0.296. The van der Waals surface area contributed by atoms with Crippen LogP contribution in [0.15, 0.2) is 66.7 Å². The monoisotopic (exact) mass is 337 g/mol. The highest BCUT2D eigenvalue weighted by molar-refractivity contribution is 6.03. The van der Waals surface area contributed by atoms with Gasteiger partial charge in [0.1, 0.15) is 0 Å². The van der Waals surface area contributed by atoms with E-state index in [1.807, 2.05) is 18.2 Å². The fourth-order valence-electron chi connectivity index (χ4n) is 3.83. The number of benzene rings is 3. The minimum absolute atomic E-state index is 0.296. The van der Waals surface area contributed by atoms with Gasteiger partial charge in [0.2, 0.25) is 0 Å². The van der Waals surface area contributed by atoms with Crippen LogP contribution >= 0.6 is 0 Å². The summed E-state index contributed by atoms with van der Waals surface area (Å²) in [5, 5.41) is 6.78. The molecule has 0 atom stereocenters. The molecule has 5 rings (SSSR count). The van der Waals surface area contributed by atoms with Gasteiger partial charge in [-0.3, -0.25) is 0 Å². The highest BCUT2D eigenvalue weighted by atomic mass is 16.2. The molecule has 26 heavy (non-hydrogen) atoms. The molecule has 0 unspecified atom stereocenters. The van der Waals surface area contributed by atoms with Gasteiger partial charge >= 0.3 is 6.03 Å². The molecule has 3 aromatic rings. The van der Waals surface area contributed by atoms with Crippen LogP contribution in [0.1, 0.15) is 27.8 Å². The van der Waals surface area contributed by atoms with Crippen LogP contribution in [-0.4, -0.2) is 6.03 Å². The third kappa shape index (κ3) is 2.49. The van der Waals surface area contributed by atoms with Crippen molar-refractivity contribution in [2.45, 2.75) is 12.8 Å². The van der Waals surface area contributed by atoms with E-state index in [0.29, 0.717) is 5.69 Å². The average molecular weight is 337 g/mol. The van der Waals surface area contributed by atoms with Crippen LogP contribution in [0.2, 0.25) is 0 Å². The number of nitrogens with zero attached hydrogens (tertiary/aromatic N) is 1. The summed E-state index contributed by atoms with van der Waals surface area (Å²) in [4.78, 5) is 11.5. The molecule has 1 radical (unpaired) electrons. The van der Waals surface area contributed by atoms with Gasteiger partial charge in [0.15, 0.2) is 0 Å². The van der Waals surface area contributed by atoms with Crippen molar-refractivity contribution in [2.24, 2.45) is 0 Å². The molecule has 0 fully saturated rings. The van der Waals surface area contributed by atoms with Gasteiger partial charge in [0, 0.05) is 0 Å². The molecule has 3 nitrogen and oxygen atoms in total. The van der Waals surface area contributed by atoms with Gasteiger partial charge in [-0.25, -0.2) is 4.79 Å². The fourth-order valence-corrected chi connectivity index (χ4v) is 3.83. The molecule has 0 aromatic heterocycles. The van der Waals surface area contributed by atoms with Crippen LogP contribution in [0.3, 0.4) is 0 Å². The van der Waals surface area contributed by atoms with Gasteiger partial charge in [-0.1, -0.05) is 54.6 Å². The fraction of sp³-hybridized carbons (Fsp3) is 0.0870. The SMILES string of the molecule is O=C1[N]c2cc(C=C3c4ccccc4CCc4ccccc43)ccc2N1. The van der Waals surface area contributed by atoms with Crippen LogP contribution in [0, 0.1) is 0 Å². The predicted molar refractivity (Wildman–Crippen MR) is 105 cm³/mol. The van der Waals surface area contributed by atoms with Crippen LogP contribution in [0.5, 0.6) is 0 Å². The molecule has 3 heteroatoms. The Morgan fingerprint density at radius 1 is 0.846 bits per heavy atom. The first-order chi connectivity index (χ1) is 12.8. The predicted octanol–water partition coefficient (Wildman–Crippen LogP) is 5.16. The van der Waals surface area contributed by atoms with E-state index in [4.69, 9.17) is 0 Å². The molecule has 0 saturated heterocycles. The summed E-state index contributed by atoms with van der Waals surface area (Å²) in [7, 11) is 0. The Hall–Kier alpha value is -3.33. The maximum absolute atomic E-state index is 11.5. The van der Waals surface area contributed by atoms with E-state index in [2.05, 4.69) is 65.2 Å². The molecule has 0 saturated carbocycles. The maximum Gasteiger partial charge on any atom is 0.346 e. The van der Waals surface area contributed by atoms with E-state index in [1.54, 1.807) is 0 Å². The lowest BCUT2D eigenvalue weighted by Crippen LogP contribution is -2.08. The van der Waals surface area contributed by atoms with Gasteiger partial charge < -0.3 is 5.32 Å². The topological polar surface area (TPSA) is 43.2 Å². The van der Waals surface area contributed by atoms with Crippen molar-refractivity contribution in [3.8, 4) is 0 Å². The van der Waals surface area contributed by atoms with Crippen LogP contribution < -0.4 is 10.6 Å². The average Bonchev–Trinajstić information content (AvgIpc) is 2.96. The molecular formula is C23H17N2O.